The number of nitrogens with two attached hydrogens (primary N) is 1. The highest BCUT2D eigenvalue weighted by Crippen LogP contribution is 2.38. The summed E-state index contributed by atoms with van der Waals surface area (Å²) in [6.07, 6.45) is 2.31. The lowest BCUT2D eigenvalue weighted by Crippen LogP contribution is -2.32. The Labute approximate surface area is 104 Å². The van der Waals surface area contributed by atoms with Gasteiger partial charge in [0.05, 0.1) is 17.1 Å². The van der Waals surface area contributed by atoms with Crippen LogP contribution in [0.5, 0.6) is 0 Å². The first-order valence-electron chi connectivity index (χ1n) is 5.65. The van der Waals surface area contributed by atoms with Gasteiger partial charge in [0.15, 0.2) is 0 Å². The number of hydrogen-bond acceptors (Lipinski definition) is 3. The van der Waals surface area contributed by atoms with Crippen molar-refractivity contribution >= 4 is 28.6 Å². The van der Waals surface area contributed by atoms with Crippen LogP contribution in [0.2, 0.25) is 5.02 Å². The minimum atomic E-state index is 0.344. The van der Waals surface area contributed by atoms with Crippen LogP contribution in [-0.4, -0.2) is 22.8 Å². The Kier molecular flexibility index (Phi) is 2.49. The molecular weight excluding hydrogens is 238 g/mol. The fourth-order valence-electron chi connectivity index (χ4n) is 2.41. The zero-order valence-electron chi connectivity index (χ0n) is 9.56. The highest BCUT2D eigenvalue weighted by atomic mass is 35.5. The molecule has 2 aromatic rings. The summed E-state index contributed by atoms with van der Waals surface area (Å²) in [5, 5.41) is 0.710. The number of fused-ring (bicyclic) bond motifs is 1. The lowest BCUT2D eigenvalue weighted by Gasteiger charge is -2.35. The molecule has 0 unspecified atom stereocenters. The molecule has 1 aliphatic rings. The van der Waals surface area contributed by atoms with E-state index in [2.05, 4.69) is 9.55 Å². The van der Waals surface area contributed by atoms with Crippen molar-refractivity contribution in [1.29, 1.82) is 0 Å². The summed E-state index contributed by atoms with van der Waals surface area (Å²) in [6.45, 7) is 0. The molecule has 2 N–H and O–H groups in total. The van der Waals surface area contributed by atoms with Crippen molar-refractivity contribution in [2.75, 3.05) is 12.8 Å². The first kappa shape index (κ1) is 10.9. The van der Waals surface area contributed by atoms with Gasteiger partial charge in [0.25, 0.3) is 0 Å². The van der Waals surface area contributed by atoms with Gasteiger partial charge in [0.2, 0.25) is 5.95 Å². The summed E-state index contributed by atoms with van der Waals surface area (Å²) in [5.74, 6) is 0.557. The van der Waals surface area contributed by atoms with Crippen LogP contribution in [0.25, 0.3) is 11.0 Å². The molecule has 0 spiro atoms. The lowest BCUT2D eigenvalue weighted by molar-refractivity contribution is 0.00798. The van der Waals surface area contributed by atoms with E-state index < -0.39 is 0 Å². The second kappa shape index (κ2) is 3.89. The Morgan fingerprint density at radius 3 is 2.94 bits per heavy atom. The molecule has 0 amide bonds. The summed E-state index contributed by atoms with van der Waals surface area (Å²) in [6, 6.07) is 6.03. The van der Waals surface area contributed by atoms with Gasteiger partial charge in [-0.1, -0.05) is 11.6 Å². The Bertz CT molecular complexity index is 560. The average molecular weight is 252 g/mol. The van der Waals surface area contributed by atoms with Crippen LogP contribution in [0, 0.1) is 0 Å². The minimum Gasteiger partial charge on any atom is -0.381 e. The molecule has 0 bridgehead atoms. The van der Waals surface area contributed by atoms with Gasteiger partial charge in [-0.15, -0.1) is 0 Å². The van der Waals surface area contributed by atoms with Gasteiger partial charge in [0, 0.05) is 18.2 Å². The number of anilines is 1. The topological polar surface area (TPSA) is 53.1 Å². The van der Waals surface area contributed by atoms with E-state index in [1.165, 1.54) is 0 Å². The van der Waals surface area contributed by atoms with Crippen LogP contribution >= 0.6 is 11.6 Å². The number of ether oxygens (including phenoxy) is 1. The van der Waals surface area contributed by atoms with Gasteiger partial charge in [-0.3, -0.25) is 0 Å². The standard InChI is InChI=1S/C12H14ClN3O/c1-17-9-5-8(6-9)16-11-4-7(13)2-3-10(11)15-12(16)14/h2-4,8-9H,5-6H2,1H3,(H2,14,15). The average Bonchev–Trinajstić information content (AvgIpc) is 2.54. The second-order valence-corrected chi connectivity index (χ2v) is 4.89. The number of halogens is 1. The highest BCUT2D eigenvalue weighted by molar-refractivity contribution is 6.31. The minimum absolute atomic E-state index is 0.344. The van der Waals surface area contributed by atoms with E-state index in [1.807, 2.05) is 18.2 Å². The quantitative estimate of drug-likeness (QED) is 0.893. The maximum absolute atomic E-state index is 6.02. The second-order valence-electron chi connectivity index (χ2n) is 4.46. The number of benzene rings is 1. The smallest absolute Gasteiger partial charge is 0.201 e. The summed E-state index contributed by atoms with van der Waals surface area (Å²) in [4.78, 5) is 4.35. The van der Waals surface area contributed by atoms with Gasteiger partial charge in [-0.2, -0.15) is 0 Å². The van der Waals surface area contributed by atoms with Crippen LogP contribution in [0.15, 0.2) is 18.2 Å². The summed E-state index contributed by atoms with van der Waals surface area (Å²) >= 11 is 6.02. The largest absolute Gasteiger partial charge is 0.381 e. The molecule has 1 saturated carbocycles. The molecule has 17 heavy (non-hydrogen) atoms. The Balaban J connectivity index is 2.03. The van der Waals surface area contributed by atoms with Crippen molar-refractivity contribution in [2.24, 2.45) is 0 Å². The maximum Gasteiger partial charge on any atom is 0.201 e. The van der Waals surface area contributed by atoms with E-state index in [0.29, 0.717) is 23.1 Å². The van der Waals surface area contributed by atoms with E-state index >= 15 is 0 Å². The first-order chi connectivity index (χ1) is 8.19. The van der Waals surface area contributed by atoms with Crippen LogP contribution in [-0.2, 0) is 4.74 Å². The zero-order valence-corrected chi connectivity index (χ0v) is 10.3. The number of nitrogens with zero attached hydrogens (tertiary/aromatic N) is 2. The predicted molar refractivity (Wildman–Crippen MR) is 68.2 cm³/mol. The van der Waals surface area contributed by atoms with Crippen molar-refractivity contribution in [3.8, 4) is 0 Å². The number of aromatic nitrogens is 2. The number of hydrogen-bond donors (Lipinski definition) is 1. The molecule has 0 radical (unpaired) electrons. The van der Waals surface area contributed by atoms with Gasteiger partial charge in [-0.25, -0.2) is 4.98 Å². The predicted octanol–water partition coefficient (Wildman–Crippen LogP) is 2.62. The van der Waals surface area contributed by atoms with E-state index in [-0.39, 0.29) is 0 Å². The summed E-state index contributed by atoms with van der Waals surface area (Å²) in [7, 11) is 1.74. The molecule has 1 heterocycles. The van der Waals surface area contributed by atoms with E-state index in [4.69, 9.17) is 22.1 Å². The van der Waals surface area contributed by atoms with Crippen molar-refractivity contribution < 1.29 is 4.74 Å². The van der Waals surface area contributed by atoms with E-state index in [0.717, 1.165) is 23.9 Å². The maximum atomic E-state index is 6.02. The Morgan fingerprint density at radius 1 is 1.47 bits per heavy atom. The molecule has 0 atom stereocenters. The van der Waals surface area contributed by atoms with Crippen molar-refractivity contribution in [3.63, 3.8) is 0 Å². The number of methoxy groups -OCH3 is 1. The highest BCUT2D eigenvalue weighted by Gasteiger charge is 2.32. The van der Waals surface area contributed by atoms with Crippen molar-refractivity contribution in [2.45, 2.75) is 25.0 Å². The molecule has 90 valence electrons. The SMILES string of the molecule is COC1CC(n2c(N)nc3ccc(Cl)cc32)C1. The molecule has 1 aromatic carbocycles. The van der Waals surface area contributed by atoms with Gasteiger partial charge < -0.3 is 15.0 Å². The Hall–Kier alpha value is -1.26. The normalized spacial score (nSPS) is 23.9. The number of rotatable bonds is 2. The molecule has 1 aliphatic carbocycles. The van der Waals surface area contributed by atoms with Gasteiger partial charge in [-0.05, 0) is 31.0 Å². The van der Waals surface area contributed by atoms with Crippen molar-refractivity contribution in [1.82, 2.24) is 9.55 Å². The van der Waals surface area contributed by atoms with E-state index in [1.54, 1.807) is 7.11 Å². The zero-order chi connectivity index (χ0) is 12.0. The fraction of sp³-hybridized carbons (Fsp3) is 0.417. The van der Waals surface area contributed by atoms with Crippen LogP contribution < -0.4 is 5.73 Å². The molecule has 0 aliphatic heterocycles. The van der Waals surface area contributed by atoms with Crippen molar-refractivity contribution in [3.05, 3.63) is 23.2 Å². The fourth-order valence-corrected chi connectivity index (χ4v) is 2.58. The third-order valence-electron chi connectivity index (χ3n) is 3.45. The molecule has 5 heteroatoms. The number of imidazole rings is 1. The molecule has 1 fully saturated rings. The summed E-state index contributed by atoms with van der Waals surface area (Å²) in [5.41, 5.74) is 7.87. The molecular formula is C12H14ClN3O. The first-order valence-corrected chi connectivity index (χ1v) is 6.02. The van der Waals surface area contributed by atoms with Gasteiger partial charge in [0.1, 0.15) is 0 Å². The van der Waals surface area contributed by atoms with Crippen LogP contribution in [0.4, 0.5) is 5.95 Å². The van der Waals surface area contributed by atoms with Crippen LogP contribution in [0.3, 0.4) is 0 Å². The Morgan fingerprint density at radius 2 is 2.24 bits per heavy atom. The monoisotopic (exact) mass is 251 g/mol. The third kappa shape index (κ3) is 1.68. The molecule has 0 saturated heterocycles. The molecule has 1 aromatic heterocycles. The summed E-state index contributed by atoms with van der Waals surface area (Å²) < 4.78 is 7.36. The third-order valence-corrected chi connectivity index (χ3v) is 3.68. The number of nitrogen functional groups attached to an aromatic ring is 1. The lowest BCUT2D eigenvalue weighted by atomic mass is 9.89. The molecule has 4 nitrogen and oxygen atoms in total. The van der Waals surface area contributed by atoms with Gasteiger partial charge >= 0.3 is 0 Å². The van der Waals surface area contributed by atoms with Crippen LogP contribution in [0.1, 0.15) is 18.9 Å². The van der Waals surface area contributed by atoms with E-state index in [9.17, 15) is 0 Å². The molecule has 3 rings (SSSR count).